The Hall–Kier alpha value is -0.160. The molecule has 0 heterocycles. The third kappa shape index (κ3) is 8.55. The molecule has 0 aromatic rings. The van der Waals surface area contributed by atoms with Crippen molar-refractivity contribution in [3.63, 3.8) is 0 Å². The molecule has 2 N–H and O–H groups in total. The molecule has 0 saturated carbocycles. The lowest BCUT2D eigenvalue weighted by molar-refractivity contribution is 0.0527. The van der Waals surface area contributed by atoms with Crippen molar-refractivity contribution >= 4 is 0 Å². The van der Waals surface area contributed by atoms with Gasteiger partial charge in [0.2, 0.25) is 0 Å². The van der Waals surface area contributed by atoms with Crippen molar-refractivity contribution in [2.24, 2.45) is 0 Å². The zero-order valence-electron chi connectivity index (χ0n) is 12.3. The molecule has 17 heavy (non-hydrogen) atoms. The highest BCUT2D eigenvalue weighted by atomic mass is 16.5. The highest BCUT2D eigenvalue weighted by molar-refractivity contribution is 4.86. The predicted molar refractivity (Wildman–Crippen MR) is 72.3 cm³/mol. The summed E-state index contributed by atoms with van der Waals surface area (Å²) in [5.41, 5.74) is -0.249. The molecule has 1 unspecified atom stereocenters. The Kier molecular flexibility index (Phi) is 7.96. The summed E-state index contributed by atoms with van der Waals surface area (Å²) < 4.78 is 5.52. The molecule has 0 rings (SSSR count). The van der Waals surface area contributed by atoms with Gasteiger partial charge >= 0.3 is 0 Å². The van der Waals surface area contributed by atoms with E-state index in [1.54, 1.807) is 0 Å². The average Bonchev–Trinajstić information content (AvgIpc) is 2.15. The van der Waals surface area contributed by atoms with E-state index in [2.05, 4.69) is 31.1 Å². The zero-order chi connectivity index (χ0) is 13.5. The second-order valence-corrected chi connectivity index (χ2v) is 5.68. The van der Waals surface area contributed by atoms with Crippen LogP contribution in [0.4, 0.5) is 0 Å². The minimum absolute atomic E-state index is 0.139. The number of rotatable bonds is 9. The van der Waals surface area contributed by atoms with E-state index in [1.165, 1.54) is 0 Å². The van der Waals surface area contributed by atoms with Crippen LogP contribution in [0.25, 0.3) is 0 Å². The summed E-state index contributed by atoms with van der Waals surface area (Å²) in [6, 6.07) is 0.368. The summed E-state index contributed by atoms with van der Waals surface area (Å²) in [5, 5.41) is 12.9. The van der Waals surface area contributed by atoms with E-state index in [9.17, 15) is 5.11 Å². The molecule has 0 aliphatic carbocycles. The predicted octanol–water partition coefficient (Wildman–Crippen LogP) is 1.09. The van der Waals surface area contributed by atoms with Crippen molar-refractivity contribution < 1.29 is 9.84 Å². The maximum absolute atomic E-state index is 9.48. The molecule has 0 aliphatic rings. The van der Waals surface area contributed by atoms with Crippen molar-refractivity contribution in [1.29, 1.82) is 0 Å². The highest BCUT2D eigenvalue weighted by Crippen LogP contribution is 2.06. The number of hydrogen-bond donors (Lipinski definition) is 2. The van der Waals surface area contributed by atoms with Crippen molar-refractivity contribution in [3.8, 4) is 0 Å². The molecular formula is C13H30N2O2. The van der Waals surface area contributed by atoms with Crippen molar-refractivity contribution in [3.05, 3.63) is 0 Å². The number of hydrogen-bond acceptors (Lipinski definition) is 4. The number of aliphatic hydroxyl groups is 1. The lowest BCUT2D eigenvalue weighted by atomic mass is 10.0. The summed E-state index contributed by atoms with van der Waals surface area (Å²) in [7, 11) is 2.06. The maximum Gasteiger partial charge on any atom is 0.0623 e. The van der Waals surface area contributed by atoms with Gasteiger partial charge in [0.05, 0.1) is 24.9 Å². The topological polar surface area (TPSA) is 44.7 Å². The van der Waals surface area contributed by atoms with Crippen LogP contribution in [0.3, 0.4) is 0 Å². The highest BCUT2D eigenvalue weighted by Gasteiger charge is 2.25. The number of aliphatic hydroxyl groups excluding tert-OH is 1. The molecule has 4 heteroatoms. The van der Waals surface area contributed by atoms with Crippen LogP contribution >= 0.6 is 0 Å². The standard InChI is InChI=1S/C13H30N2O2/c1-11(2)14-13(5,10-16)9-15(6)7-8-17-12(3)4/h11-12,14,16H,7-10H2,1-6H3. The quantitative estimate of drug-likeness (QED) is 0.639. The Balaban J connectivity index is 4.00. The summed E-state index contributed by atoms with van der Waals surface area (Å²) in [4.78, 5) is 2.19. The fraction of sp³-hybridized carbons (Fsp3) is 1.00. The van der Waals surface area contributed by atoms with Crippen molar-refractivity contribution in [1.82, 2.24) is 10.2 Å². The average molecular weight is 246 g/mol. The van der Waals surface area contributed by atoms with Gasteiger partial charge in [-0.05, 0) is 27.8 Å². The fourth-order valence-electron chi connectivity index (χ4n) is 1.96. The minimum atomic E-state index is -0.249. The molecule has 0 spiro atoms. The van der Waals surface area contributed by atoms with E-state index in [-0.39, 0.29) is 18.2 Å². The number of ether oxygens (including phenoxy) is 1. The van der Waals surface area contributed by atoms with Crippen LogP contribution in [0.2, 0.25) is 0 Å². The number of likely N-dealkylation sites (N-methyl/N-ethyl adjacent to an activating group) is 1. The molecule has 0 aromatic heterocycles. The summed E-state index contributed by atoms with van der Waals surface area (Å²) >= 11 is 0. The Labute approximate surface area is 106 Å². The minimum Gasteiger partial charge on any atom is -0.394 e. The Bertz CT molecular complexity index is 198. The van der Waals surface area contributed by atoms with Crippen molar-refractivity contribution in [2.45, 2.75) is 52.3 Å². The Morgan fingerprint density at radius 1 is 1.29 bits per heavy atom. The van der Waals surface area contributed by atoms with E-state index in [0.717, 1.165) is 19.7 Å². The molecule has 0 bridgehead atoms. The lowest BCUT2D eigenvalue weighted by Gasteiger charge is -2.35. The SMILES string of the molecule is CC(C)NC(C)(CO)CN(C)CCOC(C)C. The van der Waals surface area contributed by atoms with Gasteiger partial charge in [-0.25, -0.2) is 0 Å². The van der Waals surface area contributed by atoms with E-state index in [1.807, 2.05) is 20.8 Å². The normalized spacial score (nSPS) is 15.9. The van der Waals surface area contributed by atoms with E-state index < -0.39 is 0 Å². The van der Waals surface area contributed by atoms with Crippen LogP contribution < -0.4 is 5.32 Å². The van der Waals surface area contributed by atoms with Crippen LogP contribution in [-0.2, 0) is 4.74 Å². The van der Waals surface area contributed by atoms with Gasteiger partial charge in [0.1, 0.15) is 0 Å². The van der Waals surface area contributed by atoms with Gasteiger partial charge in [0.25, 0.3) is 0 Å². The van der Waals surface area contributed by atoms with Gasteiger partial charge in [-0.15, -0.1) is 0 Å². The van der Waals surface area contributed by atoms with E-state index >= 15 is 0 Å². The largest absolute Gasteiger partial charge is 0.394 e. The van der Waals surface area contributed by atoms with E-state index in [0.29, 0.717) is 6.04 Å². The van der Waals surface area contributed by atoms with Crippen LogP contribution in [0.15, 0.2) is 0 Å². The Morgan fingerprint density at radius 3 is 2.29 bits per heavy atom. The second-order valence-electron chi connectivity index (χ2n) is 5.68. The van der Waals surface area contributed by atoms with Gasteiger partial charge in [0.15, 0.2) is 0 Å². The molecule has 0 amide bonds. The molecule has 104 valence electrons. The molecule has 0 aliphatic heterocycles. The number of nitrogens with zero attached hydrogens (tertiary/aromatic N) is 1. The van der Waals surface area contributed by atoms with Crippen LogP contribution in [-0.4, -0.2) is 61.0 Å². The molecule has 4 nitrogen and oxygen atoms in total. The monoisotopic (exact) mass is 246 g/mol. The summed E-state index contributed by atoms with van der Waals surface area (Å²) in [5.74, 6) is 0. The lowest BCUT2D eigenvalue weighted by Crippen LogP contribution is -2.55. The van der Waals surface area contributed by atoms with Crippen molar-refractivity contribution in [2.75, 3.05) is 33.4 Å². The molecular weight excluding hydrogens is 216 g/mol. The molecule has 0 saturated heterocycles. The first-order chi connectivity index (χ1) is 7.79. The molecule has 0 radical (unpaired) electrons. The molecule has 0 fully saturated rings. The van der Waals surface area contributed by atoms with Crippen LogP contribution in [0, 0.1) is 0 Å². The van der Waals surface area contributed by atoms with Gasteiger partial charge in [-0.2, -0.15) is 0 Å². The maximum atomic E-state index is 9.48. The van der Waals surface area contributed by atoms with E-state index in [4.69, 9.17) is 4.74 Å². The Morgan fingerprint density at radius 2 is 1.88 bits per heavy atom. The summed E-state index contributed by atoms with van der Waals surface area (Å²) in [6.07, 6.45) is 0.279. The molecule has 0 aromatic carbocycles. The van der Waals surface area contributed by atoms with Gasteiger partial charge in [-0.3, -0.25) is 0 Å². The molecule has 1 atom stereocenters. The first-order valence-corrected chi connectivity index (χ1v) is 6.48. The van der Waals surface area contributed by atoms with Gasteiger partial charge in [-0.1, -0.05) is 13.8 Å². The first kappa shape index (κ1) is 16.8. The fourth-order valence-corrected chi connectivity index (χ4v) is 1.96. The van der Waals surface area contributed by atoms with Gasteiger partial charge in [0, 0.05) is 19.1 Å². The second kappa shape index (κ2) is 8.03. The third-order valence-electron chi connectivity index (χ3n) is 2.53. The zero-order valence-corrected chi connectivity index (χ0v) is 12.3. The number of nitrogens with one attached hydrogen (secondary N) is 1. The summed E-state index contributed by atoms with van der Waals surface area (Å²) in [6.45, 7) is 12.9. The first-order valence-electron chi connectivity index (χ1n) is 6.48. The smallest absolute Gasteiger partial charge is 0.0623 e. The third-order valence-corrected chi connectivity index (χ3v) is 2.53. The van der Waals surface area contributed by atoms with Crippen LogP contribution in [0.5, 0.6) is 0 Å². The van der Waals surface area contributed by atoms with Crippen LogP contribution in [0.1, 0.15) is 34.6 Å². The van der Waals surface area contributed by atoms with Gasteiger partial charge < -0.3 is 20.1 Å².